The van der Waals surface area contributed by atoms with Crippen molar-refractivity contribution in [1.82, 2.24) is 9.97 Å². The smallest absolute Gasteiger partial charge is 0.234 e. The van der Waals surface area contributed by atoms with Crippen LogP contribution >= 0.6 is 46.7 Å². The number of amides is 1. The second-order valence-corrected chi connectivity index (χ2v) is 9.04. The van der Waals surface area contributed by atoms with Gasteiger partial charge in [0.1, 0.15) is 10.8 Å². The van der Waals surface area contributed by atoms with E-state index in [9.17, 15) is 4.79 Å². The van der Waals surface area contributed by atoms with Crippen molar-refractivity contribution in [3.05, 3.63) is 69.8 Å². The lowest BCUT2D eigenvalue weighted by Gasteiger charge is -2.10. The SMILES string of the molecule is COc1ccc(Cl)cc1NC(=O)CSc1cc(C)nc(SCc2ccc(Cl)cc2)n1. The molecule has 30 heavy (non-hydrogen) atoms. The van der Waals surface area contributed by atoms with E-state index in [0.29, 0.717) is 26.6 Å². The van der Waals surface area contributed by atoms with Gasteiger partial charge < -0.3 is 10.1 Å². The Morgan fingerprint density at radius 2 is 1.77 bits per heavy atom. The zero-order valence-corrected chi connectivity index (χ0v) is 19.5. The number of thioether (sulfide) groups is 2. The van der Waals surface area contributed by atoms with E-state index >= 15 is 0 Å². The molecule has 0 saturated heterocycles. The summed E-state index contributed by atoms with van der Waals surface area (Å²) in [6.07, 6.45) is 0. The molecule has 0 spiro atoms. The predicted molar refractivity (Wildman–Crippen MR) is 125 cm³/mol. The first-order chi connectivity index (χ1) is 14.4. The van der Waals surface area contributed by atoms with Gasteiger partial charge in [-0.05, 0) is 48.9 Å². The summed E-state index contributed by atoms with van der Waals surface area (Å²) in [6.45, 7) is 1.91. The van der Waals surface area contributed by atoms with Crippen LogP contribution in [0.2, 0.25) is 10.0 Å². The van der Waals surface area contributed by atoms with Gasteiger partial charge in [0.25, 0.3) is 0 Å². The predicted octanol–water partition coefficient (Wildman–Crippen LogP) is 6.12. The van der Waals surface area contributed by atoms with Crippen molar-refractivity contribution in [3.8, 4) is 5.75 Å². The number of hydrogen-bond donors (Lipinski definition) is 1. The summed E-state index contributed by atoms with van der Waals surface area (Å²) in [5.74, 6) is 1.32. The molecule has 0 aliphatic heterocycles. The Labute approximate surface area is 193 Å². The summed E-state index contributed by atoms with van der Waals surface area (Å²) in [4.78, 5) is 21.4. The zero-order chi connectivity index (χ0) is 21.5. The second-order valence-electron chi connectivity index (χ2n) is 6.23. The molecule has 3 aromatic rings. The fraction of sp³-hybridized carbons (Fsp3) is 0.190. The number of benzene rings is 2. The number of ether oxygens (including phenoxy) is 1. The fourth-order valence-electron chi connectivity index (χ4n) is 2.48. The second kappa shape index (κ2) is 10.9. The minimum atomic E-state index is -0.174. The van der Waals surface area contributed by atoms with E-state index in [2.05, 4.69) is 15.3 Å². The average molecular weight is 480 g/mol. The van der Waals surface area contributed by atoms with Crippen LogP contribution in [0.3, 0.4) is 0 Å². The molecule has 9 heteroatoms. The zero-order valence-electron chi connectivity index (χ0n) is 16.3. The first-order valence-electron chi connectivity index (χ1n) is 8.92. The molecule has 0 aliphatic rings. The number of anilines is 1. The standard InChI is InChI=1S/C21H19Cl2N3O2S2/c1-13-9-20(26-21(24-13)30-11-14-3-5-15(22)6-4-14)29-12-19(27)25-17-10-16(23)7-8-18(17)28-2/h3-10H,11-12H2,1-2H3,(H,25,27). The van der Waals surface area contributed by atoms with E-state index in [1.54, 1.807) is 37.1 Å². The van der Waals surface area contributed by atoms with Crippen LogP contribution in [0.1, 0.15) is 11.3 Å². The maximum Gasteiger partial charge on any atom is 0.234 e. The van der Waals surface area contributed by atoms with Crippen LogP contribution in [0, 0.1) is 6.92 Å². The number of hydrogen-bond acceptors (Lipinski definition) is 6. The minimum absolute atomic E-state index is 0.174. The monoisotopic (exact) mass is 479 g/mol. The number of methoxy groups -OCH3 is 1. The highest BCUT2D eigenvalue weighted by Gasteiger charge is 2.11. The van der Waals surface area contributed by atoms with Crippen molar-refractivity contribution in [2.24, 2.45) is 0 Å². The molecular formula is C21H19Cl2N3O2S2. The van der Waals surface area contributed by atoms with Crippen LogP contribution in [-0.4, -0.2) is 28.7 Å². The highest BCUT2D eigenvalue weighted by atomic mass is 35.5. The Morgan fingerprint density at radius 1 is 1.03 bits per heavy atom. The Balaban J connectivity index is 1.59. The number of nitrogens with one attached hydrogen (secondary N) is 1. The van der Waals surface area contributed by atoms with E-state index < -0.39 is 0 Å². The highest BCUT2D eigenvalue weighted by Crippen LogP contribution is 2.28. The molecule has 0 fully saturated rings. The van der Waals surface area contributed by atoms with Crippen LogP contribution in [0.25, 0.3) is 0 Å². The molecule has 2 aromatic carbocycles. The largest absolute Gasteiger partial charge is 0.495 e. The summed E-state index contributed by atoms with van der Waals surface area (Å²) in [5.41, 5.74) is 2.52. The lowest BCUT2D eigenvalue weighted by Crippen LogP contribution is -2.15. The normalized spacial score (nSPS) is 10.7. The van der Waals surface area contributed by atoms with Crippen molar-refractivity contribution in [1.29, 1.82) is 0 Å². The quantitative estimate of drug-likeness (QED) is 0.238. The summed E-state index contributed by atoms with van der Waals surface area (Å²) in [5, 5.41) is 5.47. The number of rotatable bonds is 8. The van der Waals surface area contributed by atoms with Gasteiger partial charge in [0.2, 0.25) is 5.91 Å². The molecule has 1 N–H and O–H groups in total. The Kier molecular flexibility index (Phi) is 8.27. The molecule has 0 aliphatic carbocycles. The third kappa shape index (κ3) is 6.80. The Hall–Kier alpha value is -1.93. The van der Waals surface area contributed by atoms with E-state index in [-0.39, 0.29) is 11.7 Å². The van der Waals surface area contributed by atoms with Gasteiger partial charge in [0.15, 0.2) is 5.16 Å². The molecule has 0 saturated carbocycles. The van der Waals surface area contributed by atoms with Crippen LogP contribution < -0.4 is 10.1 Å². The number of nitrogens with zero attached hydrogens (tertiary/aromatic N) is 2. The van der Waals surface area contributed by atoms with Gasteiger partial charge in [0.05, 0.1) is 18.6 Å². The maximum atomic E-state index is 12.4. The van der Waals surface area contributed by atoms with E-state index in [1.807, 2.05) is 37.3 Å². The highest BCUT2D eigenvalue weighted by molar-refractivity contribution is 8.00. The van der Waals surface area contributed by atoms with Crippen LogP contribution in [0.5, 0.6) is 5.75 Å². The fourth-order valence-corrected chi connectivity index (χ4v) is 4.46. The number of aryl methyl sites for hydroxylation is 1. The topological polar surface area (TPSA) is 64.1 Å². The van der Waals surface area contributed by atoms with E-state index in [1.165, 1.54) is 11.8 Å². The number of aromatic nitrogens is 2. The number of carbonyl (C=O) groups excluding carboxylic acids is 1. The minimum Gasteiger partial charge on any atom is -0.495 e. The molecule has 1 heterocycles. The first-order valence-corrected chi connectivity index (χ1v) is 11.6. The third-order valence-corrected chi connectivity index (χ3v) is 6.20. The summed E-state index contributed by atoms with van der Waals surface area (Å²) >= 11 is 14.8. The van der Waals surface area contributed by atoms with Crippen molar-refractivity contribution in [3.63, 3.8) is 0 Å². The van der Waals surface area contributed by atoms with Gasteiger partial charge in [-0.2, -0.15) is 0 Å². The van der Waals surface area contributed by atoms with Crippen LogP contribution in [-0.2, 0) is 10.5 Å². The van der Waals surface area contributed by atoms with E-state index in [0.717, 1.165) is 22.0 Å². The number of carbonyl (C=O) groups is 1. The lowest BCUT2D eigenvalue weighted by atomic mass is 10.2. The molecule has 0 bridgehead atoms. The summed E-state index contributed by atoms with van der Waals surface area (Å²) in [7, 11) is 1.54. The molecule has 3 rings (SSSR count). The Morgan fingerprint density at radius 3 is 2.50 bits per heavy atom. The average Bonchev–Trinajstić information content (AvgIpc) is 2.72. The van der Waals surface area contributed by atoms with Gasteiger partial charge in [-0.1, -0.05) is 58.9 Å². The molecule has 156 valence electrons. The molecule has 5 nitrogen and oxygen atoms in total. The molecule has 0 unspecified atom stereocenters. The summed E-state index contributed by atoms with van der Waals surface area (Å²) < 4.78 is 5.25. The third-order valence-electron chi connectivity index (χ3n) is 3.88. The summed E-state index contributed by atoms with van der Waals surface area (Å²) in [6, 6.07) is 14.6. The molecule has 1 amide bonds. The number of halogens is 2. The van der Waals surface area contributed by atoms with E-state index in [4.69, 9.17) is 27.9 Å². The van der Waals surface area contributed by atoms with Gasteiger partial charge in [-0.25, -0.2) is 9.97 Å². The van der Waals surface area contributed by atoms with Crippen molar-refractivity contribution in [2.75, 3.05) is 18.2 Å². The van der Waals surface area contributed by atoms with Crippen LogP contribution in [0.4, 0.5) is 5.69 Å². The molecule has 0 atom stereocenters. The maximum absolute atomic E-state index is 12.4. The molecule has 1 aromatic heterocycles. The van der Waals surface area contributed by atoms with Gasteiger partial charge in [-0.3, -0.25) is 4.79 Å². The molecular weight excluding hydrogens is 461 g/mol. The first kappa shape index (κ1) is 22.7. The van der Waals surface area contributed by atoms with Gasteiger partial charge in [-0.15, -0.1) is 0 Å². The van der Waals surface area contributed by atoms with Gasteiger partial charge in [0, 0.05) is 21.5 Å². The van der Waals surface area contributed by atoms with Crippen molar-refractivity contribution >= 4 is 58.3 Å². The van der Waals surface area contributed by atoms with Crippen LogP contribution in [0.15, 0.2) is 58.7 Å². The van der Waals surface area contributed by atoms with Crippen molar-refractivity contribution < 1.29 is 9.53 Å². The molecule has 0 radical (unpaired) electrons. The Bertz CT molecular complexity index is 1030. The van der Waals surface area contributed by atoms with Crippen molar-refractivity contribution in [2.45, 2.75) is 22.9 Å². The lowest BCUT2D eigenvalue weighted by molar-refractivity contribution is -0.113. The van der Waals surface area contributed by atoms with Gasteiger partial charge >= 0.3 is 0 Å².